The number of nitrogens with zero attached hydrogens (tertiary/aromatic N) is 4. The third kappa shape index (κ3) is 4.45. The van der Waals surface area contributed by atoms with Gasteiger partial charge in [-0.25, -0.2) is 4.68 Å². The molecule has 0 atom stereocenters. The normalized spacial score (nSPS) is 14.2. The fourth-order valence-electron chi connectivity index (χ4n) is 4.02. The van der Waals surface area contributed by atoms with Crippen molar-refractivity contribution < 1.29 is 9.59 Å². The fraction of sp³-hybridized carbons (Fsp3) is 0.375. The van der Waals surface area contributed by atoms with Gasteiger partial charge in [-0.15, -0.1) is 11.3 Å². The molecule has 0 spiro atoms. The Morgan fingerprint density at radius 3 is 2.31 bits per heavy atom. The molecule has 3 aromatic rings. The number of thiophene rings is 1. The maximum Gasteiger partial charge on any atom is 0.264 e. The molecule has 0 radical (unpaired) electrons. The molecule has 3 heterocycles. The zero-order valence-electron chi connectivity index (χ0n) is 18.8. The standard InChI is InChI=1S/C24H27ClN4O2S/c1-15-5-7-19(13-21(15)25)29-18(4)20(17(3)26-29)14-23(30)27-9-11-28(12-10-27)24(31)22-8-6-16(2)32-22/h5-8,13H,9-12,14H2,1-4H3. The van der Waals surface area contributed by atoms with Gasteiger partial charge < -0.3 is 9.80 Å². The van der Waals surface area contributed by atoms with Crippen LogP contribution in [0.1, 0.15) is 37.1 Å². The zero-order chi connectivity index (χ0) is 23.0. The molecule has 1 saturated heterocycles. The maximum atomic E-state index is 13.0. The van der Waals surface area contributed by atoms with Gasteiger partial charge in [0.15, 0.2) is 0 Å². The number of piperazine rings is 1. The summed E-state index contributed by atoms with van der Waals surface area (Å²) in [6, 6.07) is 9.69. The Bertz CT molecular complexity index is 1170. The van der Waals surface area contributed by atoms with Gasteiger partial charge in [0.05, 0.1) is 22.7 Å². The summed E-state index contributed by atoms with van der Waals surface area (Å²) in [7, 11) is 0. The predicted octanol–water partition coefficient (Wildman–Crippen LogP) is 4.35. The minimum Gasteiger partial charge on any atom is -0.339 e. The number of benzene rings is 1. The van der Waals surface area contributed by atoms with Crippen molar-refractivity contribution in [2.45, 2.75) is 34.1 Å². The first-order chi connectivity index (χ1) is 15.2. The second-order valence-corrected chi connectivity index (χ2v) is 9.95. The molecular formula is C24H27ClN4O2S. The number of halogens is 1. The second kappa shape index (κ2) is 9.08. The van der Waals surface area contributed by atoms with E-state index < -0.39 is 0 Å². The van der Waals surface area contributed by atoms with E-state index in [1.54, 1.807) is 0 Å². The molecule has 1 aliphatic heterocycles. The van der Waals surface area contributed by atoms with E-state index in [-0.39, 0.29) is 11.8 Å². The monoisotopic (exact) mass is 470 g/mol. The molecule has 1 aromatic carbocycles. The van der Waals surface area contributed by atoms with E-state index in [1.807, 2.05) is 72.5 Å². The third-order valence-electron chi connectivity index (χ3n) is 6.04. The molecule has 2 aromatic heterocycles. The first kappa shape index (κ1) is 22.6. The summed E-state index contributed by atoms with van der Waals surface area (Å²) in [6.45, 7) is 10.1. The SMILES string of the molecule is Cc1ccc(C(=O)N2CCN(C(=O)Cc3c(C)nn(-c4ccc(C)c(Cl)c4)c3C)CC2)s1. The van der Waals surface area contributed by atoms with Gasteiger partial charge in [-0.3, -0.25) is 9.59 Å². The van der Waals surface area contributed by atoms with Gasteiger partial charge in [0, 0.05) is 47.3 Å². The molecule has 6 nitrogen and oxygen atoms in total. The van der Waals surface area contributed by atoms with Crippen molar-refractivity contribution in [3.63, 3.8) is 0 Å². The minimum atomic E-state index is 0.0555. The number of rotatable bonds is 4. The van der Waals surface area contributed by atoms with Crippen LogP contribution >= 0.6 is 22.9 Å². The zero-order valence-corrected chi connectivity index (χ0v) is 20.4. The van der Waals surface area contributed by atoms with Crippen molar-refractivity contribution in [1.82, 2.24) is 19.6 Å². The molecule has 168 valence electrons. The van der Waals surface area contributed by atoms with E-state index >= 15 is 0 Å². The Kier molecular flexibility index (Phi) is 6.40. The van der Waals surface area contributed by atoms with E-state index in [0.717, 1.165) is 38.0 Å². The summed E-state index contributed by atoms with van der Waals surface area (Å²) in [4.78, 5) is 31.3. The van der Waals surface area contributed by atoms with Crippen LogP contribution in [0.5, 0.6) is 0 Å². The summed E-state index contributed by atoms with van der Waals surface area (Å²) < 4.78 is 1.85. The Hall–Kier alpha value is -2.64. The number of hydrogen-bond acceptors (Lipinski definition) is 4. The number of carbonyl (C=O) groups excluding carboxylic acids is 2. The van der Waals surface area contributed by atoms with Gasteiger partial charge in [0.2, 0.25) is 5.91 Å². The second-order valence-electron chi connectivity index (χ2n) is 8.25. The van der Waals surface area contributed by atoms with E-state index in [4.69, 9.17) is 11.6 Å². The molecule has 0 saturated carbocycles. The molecule has 0 bridgehead atoms. The van der Waals surface area contributed by atoms with Crippen LogP contribution in [-0.4, -0.2) is 57.6 Å². The van der Waals surface area contributed by atoms with Crippen LogP contribution in [0.4, 0.5) is 0 Å². The van der Waals surface area contributed by atoms with E-state index in [1.165, 1.54) is 11.3 Å². The van der Waals surface area contributed by atoms with Gasteiger partial charge in [-0.2, -0.15) is 5.10 Å². The van der Waals surface area contributed by atoms with Crippen LogP contribution in [0.2, 0.25) is 5.02 Å². The highest BCUT2D eigenvalue weighted by atomic mass is 35.5. The average Bonchev–Trinajstić information content (AvgIpc) is 3.33. The Morgan fingerprint density at radius 1 is 1.00 bits per heavy atom. The van der Waals surface area contributed by atoms with E-state index in [0.29, 0.717) is 37.6 Å². The third-order valence-corrected chi connectivity index (χ3v) is 7.44. The Morgan fingerprint density at radius 2 is 1.69 bits per heavy atom. The molecule has 0 unspecified atom stereocenters. The lowest BCUT2D eigenvalue weighted by Crippen LogP contribution is -2.50. The van der Waals surface area contributed by atoms with Crippen LogP contribution in [0.15, 0.2) is 30.3 Å². The molecule has 1 aliphatic rings. The molecule has 0 N–H and O–H groups in total. The quantitative estimate of drug-likeness (QED) is 0.569. The fourth-order valence-corrected chi connectivity index (χ4v) is 5.03. The molecular weight excluding hydrogens is 444 g/mol. The summed E-state index contributed by atoms with van der Waals surface area (Å²) in [5.74, 6) is 0.122. The van der Waals surface area contributed by atoms with Crippen molar-refractivity contribution in [2.24, 2.45) is 0 Å². The summed E-state index contributed by atoms with van der Waals surface area (Å²) >= 11 is 7.81. The molecule has 1 fully saturated rings. The molecule has 0 aliphatic carbocycles. The highest BCUT2D eigenvalue weighted by molar-refractivity contribution is 7.13. The lowest BCUT2D eigenvalue weighted by Gasteiger charge is -2.34. The molecule has 4 rings (SSSR count). The lowest BCUT2D eigenvalue weighted by atomic mass is 10.1. The largest absolute Gasteiger partial charge is 0.339 e. The first-order valence-electron chi connectivity index (χ1n) is 10.7. The van der Waals surface area contributed by atoms with Crippen LogP contribution < -0.4 is 0 Å². The van der Waals surface area contributed by atoms with Crippen molar-refractivity contribution in [2.75, 3.05) is 26.2 Å². The van der Waals surface area contributed by atoms with Gasteiger partial charge in [-0.1, -0.05) is 17.7 Å². The van der Waals surface area contributed by atoms with Crippen molar-refractivity contribution in [3.05, 3.63) is 67.6 Å². The topological polar surface area (TPSA) is 58.4 Å². The molecule has 8 heteroatoms. The smallest absolute Gasteiger partial charge is 0.264 e. The van der Waals surface area contributed by atoms with Crippen LogP contribution in [-0.2, 0) is 11.2 Å². The van der Waals surface area contributed by atoms with Gasteiger partial charge >= 0.3 is 0 Å². The summed E-state index contributed by atoms with van der Waals surface area (Å²) in [6.07, 6.45) is 0.301. The number of carbonyl (C=O) groups is 2. The van der Waals surface area contributed by atoms with E-state index in [9.17, 15) is 9.59 Å². The van der Waals surface area contributed by atoms with Crippen molar-refractivity contribution in [3.8, 4) is 5.69 Å². The van der Waals surface area contributed by atoms with Crippen molar-refractivity contribution in [1.29, 1.82) is 0 Å². The number of aryl methyl sites for hydroxylation is 3. The summed E-state index contributed by atoms with van der Waals surface area (Å²) in [5, 5.41) is 5.35. The van der Waals surface area contributed by atoms with Gasteiger partial charge in [0.25, 0.3) is 5.91 Å². The highest BCUT2D eigenvalue weighted by Gasteiger charge is 2.27. The van der Waals surface area contributed by atoms with Crippen LogP contribution in [0.25, 0.3) is 5.69 Å². The number of aromatic nitrogens is 2. The van der Waals surface area contributed by atoms with Crippen molar-refractivity contribution >= 4 is 34.8 Å². The van der Waals surface area contributed by atoms with Crippen LogP contribution in [0.3, 0.4) is 0 Å². The lowest BCUT2D eigenvalue weighted by molar-refractivity contribution is -0.131. The maximum absolute atomic E-state index is 13.0. The van der Waals surface area contributed by atoms with Gasteiger partial charge in [-0.05, 0) is 57.5 Å². The Balaban J connectivity index is 1.42. The van der Waals surface area contributed by atoms with Gasteiger partial charge in [0.1, 0.15) is 0 Å². The van der Waals surface area contributed by atoms with E-state index in [2.05, 4.69) is 5.10 Å². The van der Waals surface area contributed by atoms with Crippen LogP contribution in [0, 0.1) is 27.7 Å². The summed E-state index contributed by atoms with van der Waals surface area (Å²) in [5.41, 5.74) is 4.63. The average molecular weight is 471 g/mol. The number of hydrogen-bond donors (Lipinski definition) is 0. The first-order valence-corrected chi connectivity index (χ1v) is 11.9. The predicted molar refractivity (Wildman–Crippen MR) is 128 cm³/mol. The number of amides is 2. The molecule has 2 amide bonds. The molecule has 32 heavy (non-hydrogen) atoms. The minimum absolute atomic E-state index is 0.0555. The highest BCUT2D eigenvalue weighted by Crippen LogP contribution is 2.24. The Labute approximate surface area is 197 Å².